The molecule has 0 saturated carbocycles. The number of rotatable bonds is 3. The standard InChI is InChI=1S/C18H14O2/c19-16-9-11-17(12-10-16)20-18-8-4-7-15(13-18)14-5-2-1-3-6-14/h1-13,19H. The van der Waals surface area contributed by atoms with Crippen LogP contribution in [-0.4, -0.2) is 5.11 Å². The summed E-state index contributed by atoms with van der Waals surface area (Å²) in [6, 6.07) is 24.8. The molecule has 3 aromatic rings. The lowest BCUT2D eigenvalue weighted by Gasteiger charge is -2.08. The highest BCUT2D eigenvalue weighted by molar-refractivity contribution is 5.65. The van der Waals surface area contributed by atoms with Crippen LogP contribution in [0.2, 0.25) is 0 Å². The smallest absolute Gasteiger partial charge is 0.128 e. The maximum atomic E-state index is 9.26. The van der Waals surface area contributed by atoms with Gasteiger partial charge in [-0.2, -0.15) is 0 Å². The van der Waals surface area contributed by atoms with Gasteiger partial charge in [-0.15, -0.1) is 0 Å². The first-order valence-electron chi connectivity index (χ1n) is 6.44. The van der Waals surface area contributed by atoms with Gasteiger partial charge in [-0.1, -0.05) is 42.5 Å². The van der Waals surface area contributed by atoms with E-state index < -0.39 is 0 Å². The van der Waals surface area contributed by atoms with Crippen molar-refractivity contribution in [2.24, 2.45) is 0 Å². The Balaban J connectivity index is 1.86. The van der Waals surface area contributed by atoms with Crippen molar-refractivity contribution in [3.63, 3.8) is 0 Å². The number of phenols is 1. The minimum atomic E-state index is 0.232. The molecule has 2 nitrogen and oxygen atoms in total. The maximum Gasteiger partial charge on any atom is 0.128 e. The lowest BCUT2D eigenvalue weighted by atomic mass is 10.1. The molecule has 0 fully saturated rings. The van der Waals surface area contributed by atoms with Crippen LogP contribution in [0.1, 0.15) is 0 Å². The Morgan fingerprint density at radius 3 is 2.05 bits per heavy atom. The zero-order valence-corrected chi connectivity index (χ0v) is 10.9. The first kappa shape index (κ1) is 12.3. The minimum absolute atomic E-state index is 0.232. The van der Waals surface area contributed by atoms with Gasteiger partial charge in [0.25, 0.3) is 0 Å². The van der Waals surface area contributed by atoms with Crippen LogP contribution < -0.4 is 4.74 Å². The van der Waals surface area contributed by atoms with E-state index in [0.29, 0.717) is 5.75 Å². The van der Waals surface area contributed by atoms with E-state index in [1.807, 2.05) is 36.4 Å². The second-order valence-electron chi connectivity index (χ2n) is 4.49. The van der Waals surface area contributed by atoms with Gasteiger partial charge in [-0.05, 0) is 47.5 Å². The van der Waals surface area contributed by atoms with E-state index in [0.717, 1.165) is 16.9 Å². The van der Waals surface area contributed by atoms with Crippen LogP contribution in [0, 0.1) is 0 Å². The van der Waals surface area contributed by atoms with E-state index >= 15 is 0 Å². The largest absolute Gasteiger partial charge is 0.508 e. The van der Waals surface area contributed by atoms with Crippen LogP contribution in [0.5, 0.6) is 17.2 Å². The van der Waals surface area contributed by atoms with E-state index in [4.69, 9.17) is 4.74 Å². The molecule has 0 radical (unpaired) electrons. The molecule has 0 aliphatic carbocycles. The van der Waals surface area contributed by atoms with E-state index in [2.05, 4.69) is 18.2 Å². The molecular formula is C18H14O2. The van der Waals surface area contributed by atoms with Crippen LogP contribution in [0.25, 0.3) is 11.1 Å². The molecule has 20 heavy (non-hydrogen) atoms. The molecule has 0 aliphatic rings. The third-order valence-electron chi connectivity index (χ3n) is 3.01. The Morgan fingerprint density at radius 1 is 0.600 bits per heavy atom. The molecule has 0 aliphatic heterocycles. The summed E-state index contributed by atoms with van der Waals surface area (Å²) < 4.78 is 5.78. The predicted molar refractivity (Wildman–Crippen MR) is 80.1 cm³/mol. The average molecular weight is 262 g/mol. The van der Waals surface area contributed by atoms with E-state index in [-0.39, 0.29) is 5.75 Å². The summed E-state index contributed by atoms with van der Waals surface area (Å²) in [5.41, 5.74) is 2.27. The van der Waals surface area contributed by atoms with E-state index in [9.17, 15) is 5.11 Å². The van der Waals surface area contributed by atoms with Crippen molar-refractivity contribution in [1.82, 2.24) is 0 Å². The predicted octanol–water partition coefficient (Wildman–Crippen LogP) is 4.85. The highest BCUT2D eigenvalue weighted by Crippen LogP contribution is 2.27. The van der Waals surface area contributed by atoms with Crippen LogP contribution in [0.15, 0.2) is 78.9 Å². The zero-order chi connectivity index (χ0) is 13.8. The van der Waals surface area contributed by atoms with Gasteiger partial charge in [0.1, 0.15) is 17.2 Å². The maximum absolute atomic E-state index is 9.26. The quantitative estimate of drug-likeness (QED) is 0.731. The van der Waals surface area contributed by atoms with E-state index in [1.54, 1.807) is 24.3 Å². The number of hydrogen-bond donors (Lipinski definition) is 1. The Morgan fingerprint density at radius 2 is 1.30 bits per heavy atom. The summed E-state index contributed by atoms with van der Waals surface area (Å²) in [6.07, 6.45) is 0. The fourth-order valence-corrected chi connectivity index (χ4v) is 2.02. The van der Waals surface area contributed by atoms with Crippen molar-refractivity contribution in [1.29, 1.82) is 0 Å². The molecule has 0 saturated heterocycles. The summed E-state index contributed by atoms with van der Waals surface area (Å²) in [6.45, 7) is 0. The molecule has 0 unspecified atom stereocenters. The molecular weight excluding hydrogens is 248 g/mol. The van der Waals surface area contributed by atoms with Crippen LogP contribution in [-0.2, 0) is 0 Å². The fourth-order valence-electron chi connectivity index (χ4n) is 2.02. The van der Waals surface area contributed by atoms with Crippen molar-refractivity contribution in [3.8, 4) is 28.4 Å². The lowest BCUT2D eigenvalue weighted by molar-refractivity contribution is 0.464. The average Bonchev–Trinajstić information content (AvgIpc) is 2.51. The number of phenolic OH excluding ortho intramolecular Hbond substituents is 1. The number of aromatic hydroxyl groups is 1. The van der Waals surface area contributed by atoms with E-state index in [1.165, 1.54) is 0 Å². The van der Waals surface area contributed by atoms with Gasteiger partial charge >= 0.3 is 0 Å². The van der Waals surface area contributed by atoms with Crippen LogP contribution in [0.3, 0.4) is 0 Å². The highest BCUT2D eigenvalue weighted by atomic mass is 16.5. The molecule has 0 amide bonds. The molecule has 2 heteroatoms. The van der Waals surface area contributed by atoms with Crippen molar-refractivity contribution in [2.45, 2.75) is 0 Å². The van der Waals surface area contributed by atoms with Gasteiger partial charge in [0.05, 0.1) is 0 Å². The van der Waals surface area contributed by atoms with Gasteiger partial charge in [0.2, 0.25) is 0 Å². The van der Waals surface area contributed by atoms with Crippen molar-refractivity contribution < 1.29 is 9.84 Å². The van der Waals surface area contributed by atoms with Crippen molar-refractivity contribution in [2.75, 3.05) is 0 Å². The van der Waals surface area contributed by atoms with Gasteiger partial charge < -0.3 is 9.84 Å². The summed E-state index contributed by atoms with van der Waals surface area (Å²) in [4.78, 5) is 0. The van der Waals surface area contributed by atoms with Crippen molar-refractivity contribution >= 4 is 0 Å². The van der Waals surface area contributed by atoms with Crippen LogP contribution in [0.4, 0.5) is 0 Å². The van der Waals surface area contributed by atoms with Gasteiger partial charge in [0, 0.05) is 0 Å². The fraction of sp³-hybridized carbons (Fsp3) is 0. The second-order valence-corrected chi connectivity index (χ2v) is 4.49. The number of hydrogen-bond acceptors (Lipinski definition) is 2. The Labute approximate surface area is 117 Å². The first-order chi connectivity index (χ1) is 9.81. The third kappa shape index (κ3) is 2.81. The molecule has 0 bridgehead atoms. The van der Waals surface area contributed by atoms with Gasteiger partial charge in [0.15, 0.2) is 0 Å². The number of benzene rings is 3. The topological polar surface area (TPSA) is 29.5 Å². The minimum Gasteiger partial charge on any atom is -0.508 e. The summed E-state index contributed by atoms with van der Waals surface area (Å²) >= 11 is 0. The normalized spacial score (nSPS) is 10.2. The second kappa shape index (κ2) is 5.49. The van der Waals surface area contributed by atoms with Gasteiger partial charge in [-0.3, -0.25) is 0 Å². The molecule has 1 N–H and O–H groups in total. The molecule has 98 valence electrons. The summed E-state index contributed by atoms with van der Waals surface area (Å²) in [7, 11) is 0. The van der Waals surface area contributed by atoms with Crippen LogP contribution >= 0.6 is 0 Å². The number of ether oxygens (including phenoxy) is 1. The lowest BCUT2D eigenvalue weighted by Crippen LogP contribution is -1.84. The molecule has 0 atom stereocenters. The molecule has 0 spiro atoms. The summed E-state index contributed by atoms with van der Waals surface area (Å²) in [5, 5.41) is 9.26. The monoisotopic (exact) mass is 262 g/mol. The zero-order valence-electron chi connectivity index (χ0n) is 10.9. The first-order valence-corrected chi connectivity index (χ1v) is 6.44. The Hall–Kier alpha value is -2.74. The Kier molecular flexibility index (Phi) is 3.38. The SMILES string of the molecule is Oc1ccc(Oc2cccc(-c3ccccc3)c2)cc1. The molecule has 3 aromatic carbocycles. The van der Waals surface area contributed by atoms with Gasteiger partial charge in [-0.25, -0.2) is 0 Å². The Bertz CT molecular complexity index is 688. The summed E-state index contributed by atoms with van der Waals surface area (Å²) in [5.74, 6) is 1.71. The van der Waals surface area contributed by atoms with Crippen molar-refractivity contribution in [3.05, 3.63) is 78.9 Å². The molecule has 0 aromatic heterocycles. The highest BCUT2D eigenvalue weighted by Gasteiger charge is 2.01. The molecule has 0 heterocycles. The third-order valence-corrected chi connectivity index (χ3v) is 3.01. The molecule has 3 rings (SSSR count).